The molecule has 1 aromatic heterocycles. The molecule has 0 unspecified atom stereocenters. The Morgan fingerprint density at radius 2 is 1.61 bits per heavy atom. The molecule has 3 nitrogen and oxygen atoms in total. The fraction of sp³-hybridized carbons (Fsp3) is 0.0667. The van der Waals surface area contributed by atoms with Crippen LogP contribution in [-0.2, 0) is 0 Å². The van der Waals surface area contributed by atoms with Crippen molar-refractivity contribution in [3.8, 4) is 0 Å². The average molecular weight is 238 g/mol. The lowest BCUT2D eigenvalue weighted by Gasteiger charge is -1.92. The van der Waals surface area contributed by atoms with Crippen molar-refractivity contribution in [1.29, 1.82) is 0 Å². The van der Waals surface area contributed by atoms with Crippen LogP contribution in [-0.4, -0.2) is 0 Å². The van der Waals surface area contributed by atoms with Crippen molar-refractivity contribution < 1.29 is 4.42 Å². The minimum Gasteiger partial charge on any atom is -0.422 e. The summed E-state index contributed by atoms with van der Waals surface area (Å²) in [7, 11) is 0. The van der Waals surface area contributed by atoms with Crippen LogP contribution in [0.1, 0.15) is 5.56 Å². The third-order valence-electron chi connectivity index (χ3n) is 2.98. The molecule has 0 N–H and O–H groups in total. The summed E-state index contributed by atoms with van der Waals surface area (Å²) < 4.78 is 5.27. The molecule has 1 heterocycles. The SMILES string of the molecule is Cc1ccc2c(=O)c3ccccc3c(=O)oc2c1. The van der Waals surface area contributed by atoms with E-state index in [2.05, 4.69) is 0 Å². The summed E-state index contributed by atoms with van der Waals surface area (Å²) in [5.41, 5.74) is 0.622. The smallest absolute Gasteiger partial charge is 0.344 e. The fourth-order valence-electron chi connectivity index (χ4n) is 2.06. The second-order valence-corrected chi connectivity index (χ2v) is 4.26. The van der Waals surface area contributed by atoms with Gasteiger partial charge >= 0.3 is 5.63 Å². The van der Waals surface area contributed by atoms with Gasteiger partial charge in [0.05, 0.1) is 10.8 Å². The van der Waals surface area contributed by atoms with Crippen LogP contribution >= 0.6 is 0 Å². The third kappa shape index (κ3) is 1.52. The summed E-state index contributed by atoms with van der Waals surface area (Å²) in [6.45, 7) is 1.89. The lowest BCUT2D eigenvalue weighted by Crippen LogP contribution is -2.00. The highest BCUT2D eigenvalue weighted by atomic mass is 16.4. The van der Waals surface area contributed by atoms with Gasteiger partial charge in [0.15, 0.2) is 5.43 Å². The fourth-order valence-corrected chi connectivity index (χ4v) is 2.06. The van der Waals surface area contributed by atoms with E-state index < -0.39 is 5.63 Å². The summed E-state index contributed by atoms with van der Waals surface area (Å²) >= 11 is 0. The molecule has 3 aromatic rings. The van der Waals surface area contributed by atoms with Gasteiger partial charge in [-0.15, -0.1) is 0 Å². The van der Waals surface area contributed by atoms with Crippen molar-refractivity contribution in [3.63, 3.8) is 0 Å². The van der Waals surface area contributed by atoms with Crippen molar-refractivity contribution in [2.24, 2.45) is 0 Å². The summed E-state index contributed by atoms with van der Waals surface area (Å²) in [4.78, 5) is 24.3. The van der Waals surface area contributed by atoms with Crippen LogP contribution in [0, 0.1) is 6.92 Å². The van der Waals surface area contributed by atoms with Crippen LogP contribution < -0.4 is 11.1 Å². The minimum absolute atomic E-state index is 0.175. The van der Waals surface area contributed by atoms with Gasteiger partial charge in [0, 0.05) is 5.39 Å². The number of hydrogen-bond acceptors (Lipinski definition) is 3. The molecule has 0 aliphatic heterocycles. The van der Waals surface area contributed by atoms with Crippen LogP contribution in [0.4, 0.5) is 0 Å². The molecule has 0 aliphatic rings. The highest BCUT2D eigenvalue weighted by Gasteiger charge is 2.07. The second kappa shape index (κ2) is 3.81. The Kier molecular flexibility index (Phi) is 2.27. The van der Waals surface area contributed by atoms with Crippen LogP contribution in [0.25, 0.3) is 21.7 Å². The van der Waals surface area contributed by atoms with Crippen LogP contribution in [0.3, 0.4) is 0 Å². The lowest BCUT2D eigenvalue weighted by atomic mass is 10.1. The Labute approximate surface area is 102 Å². The van der Waals surface area contributed by atoms with E-state index in [0.29, 0.717) is 21.7 Å². The zero-order chi connectivity index (χ0) is 12.7. The number of fused-ring (bicyclic) bond motifs is 2. The lowest BCUT2D eigenvalue weighted by molar-refractivity contribution is 0.571. The maximum atomic E-state index is 12.4. The highest BCUT2D eigenvalue weighted by molar-refractivity contribution is 5.89. The average Bonchev–Trinajstić information content (AvgIpc) is 2.47. The molecule has 88 valence electrons. The van der Waals surface area contributed by atoms with E-state index in [1.165, 1.54) is 0 Å². The molecule has 3 rings (SSSR count). The van der Waals surface area contributed by atoms with Crippen molar-refractivity contribution in [2.45, 2.75) is 6.92 Å². The normalized spacial score (nSPS) is 10.9. The molecular weight excluding hydrogens is 228 g/mol. The zero-order valence-corrected chi connectivity index (χ0v) is 9.77. The molecule has 0 atom stereocenters. The van der Waals surface area contributed by atoms with Crippen LogP contribution in [0.5, 0.6) is 0 Å². The third-order valence-corrected chi connectivity index (χ3v) is 2.98. The monoisotopic (exact) mass is 238 g/mol. The Balaban J connectivity index is 2.74. The molecule has 0 bridgehead atoms. The van der Waals surface area contributed by atoms with Crippen molar-refractivity contribution >= 4 is 21.7 Å². The standard InChI is InChI=1S/C15H10O3/c1-9-6-7-12-13(8-9)18-15(17)11-5-3-2-4-10(11)14(12)16/h2-8H,1H3. The molecule has 0 amide bonds. The maximum Gasteiger partial charge on any atom is 0.344 e. The molecule has 18 heavy (non-hydrogen) atoms. The quantitative estimate of drug-likeness (QED) is 0.604. The largest absolute Gasteiger partial charge is 0.422 e. The topological polar surface area (TPSA) is 47.3 Å². The molecule has 0 fully saturated rings. The highest BCUT2D eigenvalue weighted by Crippen LogP contribution is 2.13. The Hall–Kier alpha value is -2.42. The van der Waals surface area contributed by atoms with Gasteiger partial charge in [-0.1, -0.05) is 24.3 Å². The van der Waals surface area contributed by atoms with Crippen molar-refractivity contribution in [2.75, 3.05) is 0 Å². The predicted molar refractivity (Wildman–Crippen MR) is 71.0 cm³/mol. The molecule has 0 aliphatic carbocycles. The minimum atomic E-state index is -0.483. The van der Waals surface area contributed by atoms with Gasteiger partial charge in [0.25, 0.3) is 0 Å². The van der Waals surface area contributed by atoms with Crippen LogP contribution in [0.2, 0.25) is 0 Å². The first-order chi connectivity index (χ1) is 8.66. The number of aryl methyl sites for hydroxylation is 1. The molecule has 3 heteroatoms. The van der Waals surface area contributed by atoms with Gasteiger partial charge < -0.3 is 4.42 Å². The van der Waals surface area contributed by atoms with E-state index in [0.717, 1.165) is 5.56 Å². The van der Waals surface area contributed by atoms with E-state index in [4.69, 9.17) is 4.42 Å². The van der Waals surface area contributed by atoms with Crippen LogP contribution in [0.15, 0.2) is 56.5 Å². The zero-order valence-electron chi connectivity index (χ0n) is 9.77. The Bertz CT molecular complexity index is 876. The summed E-state index contributed by atoms with van der Waals surface area (Å²) in [5.74, 6) is 0. The summed E-state index contributed by atoms with van der Waals surface area (Å²) in [6.07, 6.45) is 0. The van der Waals surface area contributed by atoms with Crippen molar-refractivity contribution in [1.82, 2.24) is 0 Å². The summed E-state index contributed by atoms with van der Waals surface area (Å²) in [5, 5.41) is 1.14. The molecule has 0 radical (unpaired) electrons. The molecular formula is C15H10O3. The molecule has 0 saturated heterocycles. The predicted octanol–water partition coefficient (Wildman–Crippen LogP) is 2.61. The molecule has 0 saturated carbocycles. The first-order valence-corrected chi connectivity index (χ1v) is 5.63. The van der Waals surface area contributed by atoms with E-state index in [1.54, 1.807) is 36.4 Å². The molecule has 2 aromatic carbocycles. The first kappa shape index (κ1) is 10.7. The number of benzene rings is 2. The molecule has 0 spiro atoms. The van der Waals surface area contributed by atoms with E-state index >= 15 is 0 Å². The van der Waals surface area contributed by atoms with Gasteiger partial charge in [-0.3, -0.25) is 4.79 Å². The van der Waals surface area contributed by atoms with E-state index in [1.807, 2.05) is 13.0 Å². The number of rotatable bonds is 0. The second-order valence-electron chi connectivity index (χ2n) is 4.26. The van der Waals surface area contributed by atoms with Gasteiger partial charge in [0.2, 0.25) is 0 Å². The van der Waals surface area contributed by atoms with E-state index in [-0.39, 0.29) is 5.43 Å². The van der Waals surface area contributed by atoms with E-state index in [9.17, 15) is 9.59 Å². The maximum absolute atomic E-state index is 12.4. The summed E-state index contributed by atoms with van der Waals surface area (Å²) in [6, 6.07) is 11.9. The van der Waals surface area contributed by atoms with Gasteiger partial charge in [-0.05, 0) is 30.7 Å². The number of hydrogen-bond donors (Lipinski definition) is 0. The van der Waals surface area contributed by atoms with Crippen molar-refractivity contribution in [3.05, 3.63) is 68.7 Å². The van der Waals surface area contributed by atoms with Gasteiger partial charge in [-0.2, -0.15) is 0 Å². The Morgan fingerprint density at radius 1 is 0.889 bits per heavy atom. The van der Waals surface area contributed by atoms with Gasteiger partial charge in [-0.25, -0.2) is 4.79 Å². The first-order valence-electron chi connectivity index (χ1n) is 5.63. The van der Waals surface area contributed by atoms with Gasteiger partial charge in [0.1, 0.15) is 5.58 Å². The Morgan fingerprint density at radius 3 is 2.39 bits per heavy atom.